The van der Waals surface area contributed by atoms with E-state index in [0.717, 1.165) is 29.2 Å². The van der Waals surface area contributed by atoms with Gasteiger partial charge in [-0.15, -0.1) is 11.3 Å². The predicted octanol–water partition coefficient (Wildman–Crippen LogP) is 3.09. The van der Waals surface area contributed by atoms with Crippen molar-refractivity contribution in [3.05, 3.63) is 45.9 Å². The molecular formula is C15H19N3OS. The molecule has 2 rings (SSSR count). The molecule has 20 heavy (non-hydrogen) atoms. The maximum Gasteiger partial charge on any atom is 0.265 e. The summed E-state index contributed by atoms with van der Waals surface area (Å²) >= 11 is 1.44. The van der Waals surface area contributed by atoms with E-state index in [1.807, 2.05) is 36.1 Å². The van der Waals surface area contributed by atoms with Gasteiger partial charge in [0.25, 0.3) is 5.91 Å². The highest BCUT2D eigenvalue weighted by molar-refractivity contribution is 7.13. The summed E-state index contributed by atoms with van der Waals surface area (Å²) < 4.78 is 0. The van der Waals surface area contributed by atoms with Crippen molar-refractivity contribution in [2.45, 2.75) is 26.8 Å². The maximum atomic E-state index is 12.5. The highest BCUT2D eigenvalue weighted by Gasteiger charge is 2.17. The first-order valence-corrected chi connectivity index (χ1v) is 7.48. The third-order valence-corrected chi connectivity index (χ3v) is 3.87. The Hall–Kier alpha value is -1.88. The number of nitrogen functional groups attached to an aromatic ring is 1. The lowest BCUT2D eigenvalue weighted by atomic mass is 10.2. The van der Waals surface area contributed by atoms with E-state index in [2.05, 4.69) is 11.9 Å². The summed E-state index contributed by atoms with van der Waals surface area (Å²) in [6.07, 6.45) is 2.59. The molecule has 0 saturated carbocycles. The first-order valence-electron chi connectivity index (χ1n) is 6.66. The largest absolute Gasteiger partial charge is 0.399 e. The van der Waals surface area contributed by atoms with E-state index in [9.17, 15) is 4.79 Å². The number of benzene rings is 1. The topological polar surface area (TPSA) is 59.2 Å². The van der Waals surface area contributed by atoms with Crippen molar-refractivity contribution in [3.63, 3.8) is 0 Å². The molecule has 0 atom stereocenters. The second-order valence-electron chi connectivity index (χ2n) is 4.71. The van der Waals surface area contributed by atoms with Crippen molar-refractivity contribution < 1.29 is 4.79 Å². The standard InChI is InChI=1S/C15H19N3OS/c1-3-8-18(10-12-4-6-13(16)7-5-12)15(19)14-9-17-11(2)20-14/h4-7,9H,3,8,10,16H2,1-2H3. The number of thiazole rings is 1. The SMILES string of the molecule is CCCN(Cc1ccc(N)cc1)C(=O)c1cnc(C)s1. The van der Waals surface area contributed by atoms with Gasteiger partial charge in [0.2, 0.25) is 0 Å². The van der Waals surface area contributed by atoms with Crippen molar-refractivity contribution in [1.82, 2.24) is 9.88 Å². The summed E-state index contributed by atoms with van der Waals surface area (Å²) in [6, 6.07) is 7.65. The molecule has 5 heteroatoms. The number of carbonyl (C=O) groups excluding carboxylic acids is 1. The van der Waals surface area contributed by atoms with Crippen LogP contribution in [-0.4, -0.2) is 22.3 Å². The van der Waals surface area contributed by atoms with E-state index < -0.39 is 0 Å². The first kappa shape index (κ1) is 14.5. The minimum Gasteiger partial charge on any atom is -0.399 e. The van der Waals surface area contributed by atoms with Crippen LogP contribution in [-0.2, 0) is 6.54 Å². The number of rotatable bonds is 5. The average Bonchev–Trinajstić information content (AvgIpc) is 2.86. The van der Waals surface area contributed by atoms with Crippen molar-refractivity contribution in [2.24, 2.45) is 0 Å². The fourth-order valence-electron chi connectivity index (χ4n) is 1.98. The molecule has 0 aliphatic rings. The summed E-state index contributed by atoms with van der Waals surface area (Å²) in [5.74, 6) is 0.0503. The average molecular weight is 289 g/mol. The third kappa shape index (κ3) is 3.57. The monoisotopic (exact) mass is 289 g/mol. The van der Waals surface area contributed by atoms with Gasteiger partial charge in [0.1, 0.15) is 4.88 Å². The number of aromatic nitrogens is 1. The number of aryl methyl sites for hydroxylation is 1. The van der Waals surface area contributed by atoms with Crippen LogP contribution in [0.4, 0.5) is 5.69 Å². The summed E-state index contributed by atoms with van der Waals surface area (Å²) in [7, 11) is 0. The van der Waals surface area contributed by atoms with E-state index in [1.54, 1.807) is 6.20 Å². The molecule has 106 valence electrons. The minimum atomic E-state index is 0.0503. The van der Waals surface area contributed by atoms with Gasteiger partial charge < -0.3 is 10.6 Å². The summed E-state index contributed by atoms with van der Waals surface area (Å²) in [5.41, 5.74) is 7.50. The number of amides is 1. The number of anilines is 1. The van der Waals surface area contributed by atoms with Crippen LogP contribution in [0.3, 0.4) is 0 Å². The predicted molar refractivity (Wildman–Crippen MR) is 82.7 cm³/mol. The van der Waals surface area contributed by atoms with Crippen LogP contribution >= 0.6 is 11.3 Å². The van der Waals surface area contributed by atoms with Crippen LogP contribution in [0, 0.1) is 6.92 Å². The zero-order valence-electron chi connectivity index (χ0n) is 11.8. The van der Waals surface area contributed by atoms with E-state index in [0.29, 0.717) is 11.4 Å². The highest BCUT2D eigenvalue weighted by atomic mass is 32.1. The molecule has 1 aromatic heterocycles. The third-order valence-electron chi connectivity index (χ3n) is 2.97. The van der Waals surface area contributed by atoms with Crippen molar-refractivity contribution in [3.8, 4) is 0 Å². The van der Waals surface area contributed by atoms with Gasteiger partial charge in [-0.3, -0.25) is 4.79 Å². The number of nitrogens with zero attached hydrogens (tertiary/aromatic N) is 2. The Morgan fingerprint density at radius 1 is 1.35 bits per heavy atom. The van der Waals surface area contributed by atoms with Gasteiger partial charge in [-0.25, -0.2) is 4.98 Å². The molecule has 0 bridgehead atoms. The van der Waals surface area contributed by atoms with E-state index >= 15 is 0 Å². The molecule has 0 saturated heterocycles. The molecule has 2 aromatic rings. The lowest BCUT2D eigenvalue weighted by Crippen LogP contribution is -2.30. The van der Waals surface area contributed by atoms with Gasteiger partial charge >= 0.3 is 0 Å². The molecule has 4 nitrogen and oxygen atoms in total. The van der Waals surface area contributed by atoms with E-state index in [-0.39, 0.29) is 5.91 Å². The lowest BCUT2D eigenvalue weighted by Gasteiger charge is -2.21. The second-order valence-corrected chi connectivity index (χ2v) is 5.95. The van der Waals surface area contributed by atoms with E-state index in [1.165, 1.54) is 11.3 Å². The number of carbonyl (C=O) groups is 1. The Morgan fingerprint density at radius 3 is 2.60 bits per heavy atom. The molecule has 0 aliphatic heterocycles. The Balaban J connectivity index is 2.14. The number of hydrogen-bond acceptors (Lipinski definition) is 4. The van der Waals surface area contributed by atoms with Gasteiger partial charge in [0, 0.05) is 18.8 Å². The Labute approximate surface area is 123 Å². The molecule has 1 heterocycles. The van der Waals surface area contributed by atoms with Gasteiger partial charge in [0.05, 0.1) is 11.2 Å². The normalized spacial score (nSPS) is 10.5. The van der Waals surface area contributed by atoms with Crippen LogP contribution in [0.25, 0.3) is 0 Å². The Morgan fingerprint density at radius 2 is 2.05 bits per heavy atom. The minimum absolute atomic E-state index is 0.0503. The molecule has 1 aromatic carbocycles. The molecule has 0 spiro atoms. The van der Waals surface area contributed by atoms with Crippen LogP contribution < -0.4 is 5.73 Å². The van der Waals surface area contributed by atoms with E-state index in [4.69, 9.17) is 5.73 Å². The van der Waals surface area contributed by atoms with Crippen molar-refractivity contribution in [1.29, 1.82) is 0 Å². The summed E-state index contributed by atoms with van der Waals surface area (Å²) in [4.78, 5) is 19.2. The molecular weight excluding hydrogens is 270 g/mol. The van der Waals surface area contributed by atoms with Crippen LogP contribution in [0.2, 0.25) is 0 Å². The van der Waals surface area contributed by atoms with Gasteiger partial charge in [-0.1, -0.05) is 19.1 Å². The molecule has 0 fully saturated rings. The molecule has 0 radical (unpaired) electrons. The Kier molecular flexibility index (Phi) is 4.74. The number of nitrogens with two attached hydrogens (primary N) is 1. The van der Waals surface area contributed by atoms with Gasteiger partial charge in [0.15, 0.2) is 0 Å². The zero-order chi connectivity index (χ0) is 14.5. The van der Waals surface area contributed by atoms with Gasteiger partial charge in [-0.2, -0.15) is 0 Å². The quantitative estimate of drug-likeness (QED) is 0.860. The first-order chi connectivity index (χ1) is 9.60. The van der Waals surface area contributed by atoms with Gasteiger partial charge in [-0.05, 0) is 31.0 Å². The van der Waals surface area contributed by atoms with Crippen molar-refractivity contribution >= 4 is 22.9 Å². The van der Waals surface area contributed by atoms with Crippen molar-refractivity contribution in [2.75, 3.05) is 12.3 Å². The molecule has 0 aliphatic carbocycles. The summed E-state index contributed by atoms with van der Waals surface area (Å²) in [6.45, 7) is 5.32. The zero-order valence-corrected chi connectivity index (χ0v) is 12.6. The fourth-order valence-corrected chi connectivity index (χ4v) is 2.73. The highest BCUT2D eigenvalue weighted by Crippen LogP contribution is 2.17. The molecule has 1 amide bonds. The van der Waals surface area contributed by atoms with Crippen LogP contribution in [0.15, 0.2) is 30.5 Å². The molecule has 0 unspecified atom stereocenters. The smallest absolute Gasteiger partial charge is 0.265 e. The number of hydrogen-bond donors (Lipinski definition) is 1. The van der Waals surface area contributed by atoms with Crippen LogP contribution in [0.5, 0.6) is 0 Å². The Bertz CT molecular complexity index is 577. The summed E-state index contributed by atoms with van der Waals surface area (Å²) in [5, 5.41) is 0.914. The lowest BCUT2D eigenvalue weighted by molar-refractivity contribution is 0.0748. The second kappa shape index (κ2) is 6.52. The van der Waals surface area contributed by atoms with Crippen LogP contribution in [0.1, 0.15) is 33.6 Å². The molecule has 2 N–H and O–H groups in total. The fraction of sp³-hybridized carbons (Fsp3) is 0.333. The maximum absolute atomic E-state index is 12.5.